The summed E-state index contributed by atoms with van der Waals surface area (Å²) in [5.74, 6) is -1.00. The summed E-state index contributed by atoms with van der Waals surface area (Å²) < 4.78 is 0. The maximum absolute atomic E-state index is 10.7. The summed E-state index contributed by atoms with van der Waals surface area (Å²) in [6.45, 7) is 0. The molecule has 2 aromatic carbocycles. The number of azo groups is 1. The third kappa shape index (κ3) is 5.33. The fraction of sp³-hybridized carbons (Fsp3) is 0.133. The van der Waals surface area contributed by atoms with Crippen LogP contribution in [0, 0.1) is 0 Å². The number of nitrogens with two attached hydrogens (primary N) is 1. The van der Waals surface area contributed by atoms with E-state index in [0.717, 1.165) is 11.3 Å². The zero-order valence-corrected chi connectivity index (χ0v) is 12.0. The van der Waals surface area contributed by atoms with E-state index in [1.807, 2.05) is 42.5 Å². The van der Waals surface area contributed by atoms with Gasteiger partial charge in [-0.05, 0) is 36.2 Å². The molecule has 0 radical (unpaired) electrons. The molecule has 0 amide bonds. The number of benzene rings is 2. The molecule has 0 heterocycles. The van der Waals surface area contributed by atoms with Gasteiger partial charge in [-0.3, -0.25) is 4.79 Å². The van der Waals surface area contributed by atoms with E-state index in [1.165, 1.54) is 0 Å². The first-order chi connectivity index (χ1) is 9.65. The Morgan fingerprint density at radius 2 is 1.52 bits per heavy atom. The number of carboxylic acid groups (broad SMARTS) is 1. The molecule has 0 aliphatic rings. The highest BCUT2D eigenvalue weighted by Gasteiger charge is 2.11. The Labute approximate surface area is 128 Å². The van der Waals surface area contributed by atoms with Crippen LogP contribution in [0.5, 0.6) is 0 Å². The highest BCUT2D eigenvalue weighted by molar-refractivity contribution is 5.85. The molecule has 0 fully saturated rings. The van der Waals surface area contributed by atoms with Crippen LogP contribution >= 0.6 is 12.4 Å². The maximum atomic E-state index is 10.7. The van der Waals surface area contributed by atoms with Crippen LogP contribution in [-0.4, -0.2) is 17.1 Å². The predicted octanol–water partition coefficient (Wildman–Crippen LogP) is 3.48. The highest BCUT2D eigenvalue weighted by Crippen LogP contribution is 2.18. The number of hydrogen-bond donors (Lipinski definition) is 2. The Bertz CT molecular complexity index is 600. The normalized spacial score (nSPS) is 11.9. The minimum absolute atomic E-state index is 0. The zero-order chi connectivity index (χ0) is 14.4. The molecule has 0 aromatic heterocycles. The summed E-state index contributed by atoms with van der Waals surface area (Å²) >= 11 is 0. The molecule has 0 bridgehead atoms. The first-order valence-electron chi connectivity index (χ1n) is 6.19. The Hall–Kier alpha value is -2.24. The topological polar surface area (TPSA) is 88.0 Å². The smallest absolute Gasteiger partial charge is 0.320 e. The Morgan fingerprint density at radius 1 is 1.00 bits per heavy atom. The minimum Gasteiger partial charge on any atom is -0.480 e. The van der Waals surface area contributed by atoms with E-state index in [2.05, 4.69) is 10.2 Å². The van der Waals surface area contributed by atoms with Gasteiger partial charge in [0.15, 0.2) is 0 Å². The van der Waals surface area contributed by atoms with Crippen LogP contribution in [0.25, 0.3) is 0 Å². The summed E-state index contributed by atoms with van der Waals surface area (Å²) in [5.41, 5.74) is 7.83. The van der Waals surface area contributed by atoms with Crippen molar-refractivity contribution in [3.8, 4) is 0 Å². The average molecular weight is 306 g/mol. The number of hydrogen-bond acceptors (Lipinski definition) is 4. The molecular weight excluding hydrogens is 290 g/mol. The van der Waals surface area contributed by atoms with Gasteiger partial charge in [0.25, 0.3) is 0 Å². The minimum atomic E-state index is -1.00. The number of rotatable bonds is 5. The van der Waals surface area contributed by atoms with Gasteiger partial charge in [-0.25, -0.2) is 0 Å². The number of aliphatic carboxylic acids is 1. The lowest BCUT2D eigenvalue weighted by molar-refractivity contribution is -0.138. The van der Waals surface area contributed by atoms with Crippen LogP contribution in [0.4, 0.5) is 11.4 Å². The van der Waals surface area contributed by atoms with E-state index in [4.69, 9.17) is 10.8 Å². The van der Waals surface area contributed by atoms with Gasteiger partial charge in [0.1, 0.15) is 6.04 Å². The molecule has 0 saturated heterocycles. The van der Waals surface area contributed by atoms with Crippen molar-refractivity contribution in [1.82, 2.24) is 0 Å². The number of nitrogens with zero attached hydrogens (tertiary/aromatic N) is 2. The fourth-order valence-corrected chi connectivity index (χ4v) is 1.65. The summed E-state index contributed by atoms with van der Waals surface area (Å²) in [7, 11) is 0. The van der Waals surface area contributed by atoms with Crippen molar-refractivity contribution in [3.63, 3.8) is 0 Å². The lowest BCUT2D eigenvalue weighted by Crippen LogP contribution is -2.32. The summed E-state index contributed by atoms with van der Waals surface area (Å²) in [6, 6.07) is 15.7. The van der Waals surface area contributed by atoms with Crippen molar-refractivity contribution in [2.45, 2.75) is 12.5 Å². The maximum Gasteiger partial charge on any atom is 0.320 e. The summed E-state index contributed by atoms with van der Waals surface area (Å²) in [5, 5.41) is 17.0. The van der Waals surface area contributed by atoms with E-state index in [1.54, 1.807) is 12.1 Å². The highest BCUT2D eigenvalue weighted by atomic mass is 35.5. The molecular formula is C15H16ClN3O2. The molecule has 2 rings (SSSR count). The van der Waals surface area contributed by atoms with Crippen LogP contribution in [0.1, 0.15) is 5.56 Å². The molecule has 1 unspecified atom stereocenters. The van der Waals surface area contributed by atoms with Crippen LogP contribution in [-0.2, 0) is 11.2 Å². The van der Waals surface area contributed by atoms with E-state index >= 15 is 0 Å². The number of carboxylic acids is 1. The third-order valence-corrected chi connectivity index (χ3v) is 2.75. The average Bonchev–Trinajstić information content (AvgIpc) is 2.47. The van der Waals surface area contributed by atoms with Crippen LogP contribution < -0.4 is 5.73 Å². The molecule has 1 atom stereocenters. The lowest BCUT2D eigenvalue weighted by Gasteiger charge is -2.05. The molecule has 3 N–H and O–H groups in total. The van der Waals surface area contributed by atoms with Gasteiger partial charge < -0.3 is 10.8 Å². The SMILES string of the molecule is Cl.NC(Cc1ccc(N=Nc2ccccc2)cc1)C(=O)O. The molecule has 110 valence electrons. The standard InChI is InChI=1S/C15H15N3O2.ClH/c16-14(15(19)20)10-11-6-8-13(9-7-11)18-17-12-4-2-1-3-5-12;/h1-9,14H,10,16H2,(H,19,20);1H. The van der Waals surface area contributed by atoms with Gasteiger partial charge in [0.05, 0.1) is 11.4 Å². The monoisotopic (exact) mass is 305 g/mol. The van der Waals surface area contributed by atoms with Gasteiger partial charge in [0, 0.05) is 0 Å². The van der Waals surface area contributed by atoms with Gasteiger partial charge in [-0.1, -0.05) is 30.3 Å². The van der Waals surface area contributed by atoms with E-state index in [0.29, 0.717) is 12.1 Å². The van der Waals surface area contributed by atoms with E-state index in [-0.39, 0.29) is 12.4 Å². The van der Waals surface area contributed by atoms with Crippen molar-refractivity contribution in [3.05, 3.63) is 60.2 Å². The van der Waals surface area contributed by atoms with Crippen LogP contribution in [0.3, 0.4) is 0 Å². The van der Waals surface area contributed by atoms with Gasteiger partial charge in [-0.15, -0.1) is 12.4 Å². The molecule has 0 aliphatic carbocycles. The first kappa shape index (κ1) is 16.8. The van der Waals surface area contributed by atoms with Crippen LogP contribution in [0.15, 0.2) is 64.8 Å². The second-order valence-electron chi connectivity index (χ2n) is 4.35. The van der Waals surface area contributed by atoms with Crippen molar-refractivity contribution in [2.75, 3.05) is 0 Å². The van der Waals surface area contributed by atoms with Crippen LogP contribution in [0.2, 0.25) is 0 Å². The van der Waals surface area contributed by atoms with Gasteiger partial charge in [-0.2, -0.15) is 10.2 Å². The molecule has 2 aromatic rings. The fourth-order valence-electron chi connectivity index (χ4n) is 1.65. The zero-order valence-electron chi connectivity index (χ0n) is 11.2. The first-order valence-corrected chi connectivity index (χ1v) is 6.19. The molecule has 21 heavy (non-hydrogen) atoms. The largest absolute Gasteiger partial charge is 0.480 e. The Kier molecular flexibility index (Phi) is 6.52. The van der Waals surface area contributed by atoms with E-state index < -0.39 is 12.0 Å². The van der Waals surface area contributed by atoms with E-state index in [9.17, 15) is 4.79 Å². The molecule has 0 spiro atoms. The second-order valence-corrected chi connectivity index (χ2v) is 4.35. The molecule has 0 aliphatic heterocycles. The molecule has 5 nitrogen and oxygen atoms in total. The summed E-state index contributed by atoms with van der Waals surface area (Å²) in [6.07, 6.45) is 0.297. The van der Waals surface area contributed by atoms with Gasteiger partial charge in [0.2, 0.25) is 0 Å². The van der Waals surface area contributed by atoms with Crippen molar-refractivity contribution < 1.29 is 9.90 Å². The number of carbonyl (C=O) groups is 1. The van der Waals surface area contributed by atoms with Crippen molar-refractivity contribution in [2.24, 2.45) is 16.0 Å². The quantitative estimate of drug-likeness (QED) is 0.829. The van der Waals surface area contributed by atoms with Crippen molar-refractivity contribution >= 4 is 29.8 Å². The predicted molar refractivity (Wildman–Crippen MR) is 83.6 cm³/mol. The second kappa shape index (κ2) is 8.14. The van der Waals surface area contributed by atoms with Crippen molar-refractivity contribution in [1.29, 1.82) is 0 Å². The lowest BCUT2D eigenvalue weighted by atomic mass is 10.1. The van der Waals surface area contributed by atoms with Gasteiger partial charge >= 0.3 is 5.97 Å². The molecule has 6 heteroatoms. The Morgan fingerprint density at radius 3 is 2.05 bits per heavy atom. The summed E-state index contributed by atoms with van der Waals surface area (Å²) in [4.78, 5) is 10.7. The molecule has 0 saturated carbocycles. The third-order valence-electron chi connectivity index (χ3n) is 2.75. The Balaban J connectivity index is 0.00000220. The number of halogens is 1.